The summed E-state index contributed by atoms with van der Waals surface area (Å²) >= 11 is 0. The number of ether oxygens (including phenoxy) is 3. The quantitative estimate of drug-likeness (QED) is 0.701. The van der Waals surface area contributed by atoms with E-state index in [1.807, 2.05) is 34.6 Å². The second kappa shape index (κ2) is 6.12. The third-order valence-corrected chi connectivity index (χ3v) is 3.74. The number of cyclic esters (lactones) is 1. The summed E-state index contributed by atoms with van der Waals surface area (Å²) in [6.07, 6.45) is -0.206. The highest BCUT2D eigenvalue weighted by molar-refractivity contribution is 5.84. The molecule has 1 aliphatic rings. The van der Waals surface area contributed by atoms with E-state index < -0.39 is 28.9 Å². The van der Waals surface area contributed by atoms with Crippen molar-refractivity contribution in [2.75, 3.05) is 13.2 Å². The van der Waals surface area contributed by atoms with Gasteiger partial charge >= 0.3 is 11.9 Å². The lowest BCUT2D eigenvalue weighted by molar-refractivity contribution is -0.174. The molecule has 1 fully saturated rings. The van der Waals surface area contributed by atoms with Gasteiger partial charge in [-0.2, -0.15) is 0 Å². The zero-order valence-corrected chi connectivity index (χ0v) is 13.3. The van der Waals surface area contributed by atoms with Crippen LogP contribution in [-0.4, -0.2) is 37.4 Å². The third kappa shape index (κ3) is 3.72. The van der Waals surface area contributed by atoms with E-state index in [0.717, 1.165) is 0 Å². The van der Waals surface area contributed by atoms with E-state index in [1.54, 1.807) is 6.92 Å². The number of hydrogen-bond donors (Lipinski definition) is 0. The Kier molecular flexibility index (Phi) is 5.19. The fraction of sp³-hybridized carbons (Fsp3) is 0.867. The van der Waals surface area contributed by atoms with Crippen LogP contribution in [0, 0.1) is 10.8 Å². The van der Waals surface area contributed by atoms with E-state index in [-0.39, 0.29) is 19.3 Å². The van der Waals surface area contributed by atoms with Crippen LogP contribution >= 0.6 is 0 Å². The van der Waals surface area contributed by atoms with Gasteiger partial charge < -0.3 is 14.2 Å². The molecule has 0 aromatic rings. The van der Waals surface area contributed by atoms with Crippen LogP contribution in [-0.2, 0) is 23.8 Å². The van der Waals surface area contributed by atoms with Gasteiger partial charge in [0, 0.05) is 5.41 Å². The minimum Gasteiger partial charge on any atom is -0.462 e. The van der Waals surface area contributed by atoms with E-state index in [9.17, 15) is 9.59 Å². The van der Waals surface area contributed by atoms with Crippen LogP contribution in [0.25, 0.3) is 0 Å². The molecule has 1 heterocycles. The van der Waals surface area contributed by atoms with Gasteiger partial charge in [-0.05, 0) is 27.2 Å². The largest absolute Gasteiger partial charge is 0.462 e. The maximum Gasteiger partial charge on any atom is 0.348 e. The highest BCUT2D eigenvalue weighted by Crippen LogP contribution is 2.34. The molecule has 1 rings (SSSR count). The summed E-state index contributed by atoms with van der Waals surface area (Å²) in [5.74, 6) is -0.871. The SMILES string of the molecule is CCC(C)(COC(C)C)C(=O)OC1C(=O)OCC1(C)C. The Labute approximate surface area is 121 Å². The van der Waals surface area contributed by atoms with E-state index in [1.165, 1.54) is 0 Å². The van der Waals surface area contributed by atoms with Crippen molar-refractivity contribution in [2.45, 2.75) is 60.2 Å². The molecule has 5 heteroatoms. The fourth-order valence-corrected chi connectivity index (χ4v) is 1.84. The molecule has 0 bridgehead atoms. The zero-order chi connectivity index (χ0) is 15.6. The summed E-state index contributed by atoms with van der Waals surface area (Å²) < 4.78 is 16.0. The highest BCUT2D eigenvalue weighted by atomic mass is 16.6. The maximum absolute atomic E-state index is 12.4. The molecule has 20 heavy (non-hydrogen) atoms. The van der Waals surface area contributed by atoms with Crippen LogP contribution in [0.2, 0.25) is 0 Å². The predicted octanol–water partition coefficient (Wildman–Crippen LogP) is 2.32. The molecule has 0 spiro atoms. The predicted molar refractivity (Wildman–Crippen MR) is 74.1 cm³/mol. The molecule has 1 saturated heterocycles. The molecule has 5 nitrogen and oxygen atoms in total. The van der Waals surface area contributed by atoms with E-state index in [4.69, 9.17) is 14.2 Å². The van der Waals surface area contributed by atoms with Crippen LogP contribution < -0.4 is 0 Å². The first-order valence-corrected chi connectivity index (χ1v) is 7.12. The highest BCUT2D eigenvalue weighted by Gasteiger charge is 2.48. The van der Waals surface area contributed by atoms with Crippen molar-refractivity contribution in [3.05, 3.63) is 0 Å². The van der Waals surface area contributed by atoms with Gasteiger partial charge in [-0.25, -0.2) is 4.79 Å². The Balaban J connectivity index is 2.74. The summed E-state index contributed by atoms with van der Waals surface area (Å²) in [4.78, 5) is 24.1. The van der Waals surface area contributed by atoms with Crippen molar-refractivity contribution < 1.29 is 23.8 Å². The number of hydrogen-bond acceptors (Lipinski definition) is 5. The van der Waals surface area contributed by atoms with Crippen molar-refractivity contribution in [2.24, 2.45) is 10.8 Å². The van der Waals surface area contributed by atoms with Gasteiger partial charge in [-0.3, -0.25) is 4.79 Å². The summed E-state index contributed by atoms with van der Waals surface area (Å²) in [6, 6.07) is 0. The van der Waals surface area contributed by atoms with Gasteiger partial charge in [0.05, 0.1) is 18.1 Å². The maximum atomic E-state index is 12.4. The van der Waals surface area contributed by atoms with Crippen molar-refractivity contribution in [3.8, 4) is 0 Å². The summed E-state index contributed by atoms with van der Waals surface area (Å²) in [5.41, 5.74) is -1.23. The molecule has 0 aromatic carbocycles. The van der Waals surface area contributed by atoms with Crippen LogP contribution in [0.3, 0.4) is 0 Å². The monoisotopic (exact) mass is 286 g/mol. The van der Waals surface area contributed by atoms with Gasteiger partial charge in [0.15, 0.2) is 0 Å². The minimum atomic E-state index is -0.833. The molecule has 0 aromatic heterocycles. The minimum absolute atomic E-state index is 0.0431. The molecule has 0 saturated carbocycles. The molecule has 0 radical (unpaired) electrons. The summed E-state index contributed by atoms with van der Waals surface area (Å²) in [5, 5.41) is 0. The number of carbonyl (C=O) groups is 2. The first-order valence-electron chi connectivity index (χ1n) is 7.12. The average molecular weight is 286 g/mol. The molecular weight excluding hydrogens is 260 g/mol. The van der Waals surface area contributed by atoms with Crippen LogP contribution in [0.1, 0.15) is 48.0 Å². The Hall–Kier alpha value is -1.10. The lowest BCUT2D eigenvalue weighted by Crippen LogP contribution is -2.42. The van der Waals surface area contributed by atoms with Crippen LogP contribution in [0.4, 0.5) is 0 Å². The number of rotatable bonds is 6. The Morgan fingerprint density at radius 3 is 2.50 bits per heavy atom. The summed E-state index contributed by atoms with van der Waals surface area (Å²) in [7, 11) is 0. The first-order chi connectivity index (χ1) is 9.12. The third-order valence-electron chi connectivity index (χ3n) is 3.74. The normalized spacial score (nSPS) is 24.4. The molecule has 116 valence electrons. The van der Waals surface area contributed by atoms with E-state index in [2.05, 4.69) is 0 Å². The first kappa shape index (κ1) is 17.0. The zero-order valence-electron chi connectivity index (χ0n) is 13.3. The van der Waals surface area contributed by atoms with Gasteiger partial charge in [0.25, 0.3) is 0 Å². The smallest absolute Gasteiger partial charge is 0.348 e. The van der Waals surface area contributed by atoms with Crippen molar-refractivity contribution in [1.29, 1.82) is 0 Å². The molecule has 0 N–H and O–H groups in total. The number of carbonyl (C=O) groups excluding carboxylic acids is 2. The Morgan fingerprint density at radius 1 is 1.50 bits per heavy atom. The molecule has 0 aliphatic carbocycles. The van der Waals surface area contributed by atoms with Crippen molar-refractivity contribution in [3.63, 3.8) is 0 Å². The Bertz CT molecular complexity index is 374. The van der Waals surface area contributed by atoms with Crippen molar-refractivity contribution in [1.82, 2.24) is 0 Å². The second-order valence-corrected chi connectivity index (χ2v) is 6.66. The fourth-order valence-electron chi connectivity index (χ4n) is 1.84. The standard InChI is InChI=1S/C15H26O5/c1-7-15(6,9-18-10(2)3)13(17)20-11-12(16)19-8-14(11,4)5/h10-11H,7-9H2,1-6H3. The van der Waals surface area contributed by atoms with E-state index in [0.29, 0.717) is 6.42 Å². The average Bonchev–Trinajstić information content (AvgIpc) is 2.62. The van der Waals surface area contributed by atoms with Gasteiger partial charge in [-0.15, -0.1) is 0 Å². The lowest BCUT2D eigenvalue weighted by Gasteiger charge is -2.30. The molecule has 0 amide bonds. The molecular formula is C15H26O5. The van der Waals surface area contributed by atoms with Crippen molar-refractivity contribution >= 4 is 11.9 Å². The van der Waals surface area contributed by atoms with E-state index >= 15 is 0 Å². The second-order valence-electron chi connectivity index (χ2n) is 6.66. The topological polar surface area (TPSA) is 61.8 Å². The van der Waals surface area contributed by atoms with Crippen LogP contribution in [0.15, 0.2) is 0 Å². The van der Waals surface area contributed by atoms with Gasteiger partial charge in [0.1, 0.15) is 6.61 Å². The van der Waals surface area contributed by atoms with Gasteiger partial charge in [0.2, 0.25) is 6.10 Å². The molecule has 2 unspecified atom stereocenters. The Morgan fingerprint density at radius 2 is 2.10 bits per heavy atom. The van der Waals surface area contributed by atoms with Gasteiger partial charge in [-0.1, -0.05) is 20.8 Å². The molecule has 1 aliphatic heterocycles. The summed E-state index contributed by atoms with van der Waals surface area (Å²) in [6.45, 7) is 11.8. The lowest BCUT2D eigenvalue weighted by atomic mass is 9.87. The number of esters is 2. The van der Waals surface area contributed by atoms with Crippen LogP contribution in [0.5, 0.6) is 0 Å². The molecule has 2 atom stereocenters.